The van der Waals surface area contributed by atoms with Crippen molar-refractivity contribution >= 4 is 22.7 Å². The zero-order valence-corrected chi connectivity index (χ0v) is 19.1. The van der Waals surface area contributed by atoms with E-state index in [9.17, 15) is 18.0 Å². The van der Waals surface area contributed by atoms with Gasteiger partial charge in [0.15, 0.2) is 5.65 Å². The van der Waals surface area contributed by atoms with E-state index in [1.165, 1.54) is 36.4 Å². The number of aromatic nitrogens is 3. The summed E-state index contributed by atoms with van der Waals surface area (Å²) in [6, 6.07) is 10.8. The second kappa shape index (κ2) is 9.81. The Morgan fingerprint density at radius 2 is 1.86 bits per heavy atom. The minimum Gasteiger partial charge on any atom is -0.353 e. The number of anilines is 1. The normalized spacial score (nSPS) is 17.6. The van der Waals surface area contributed by atoms with E-state index in [0.717, 1.165) is 16.7 Å². The molecule has 0 amide bonds. The van der Waals surface area contributed by atoms with Gasteiger partial charge in [-0.05, 0) is 30.3 Å². The monoisotopic (exact) mass is 504 g/mol. The molecule has 9 nitrogen and oxygen atoms in total. The van der Waals surface area contributed by atoms with Crippen LogP contribution in [0, 0.1) is 28.9 Å². The molecular formula is C25H19F3N8O. The lowest BCUT2D eigenvalue weighted by molar-refractivity contribution is 0.585. The number of rotatable bonds is 7. The molecule has 186 valence electrons. The van der Waals surface area contributed by atoms with Gasteiger partial charge in [-0.3, -0.25) is 9.36 Å². The van der Waals surface area contributed by atoms with E-state index in [1.54, 1.807) is 12.3 Å². The highest BCUT2D eigenvalue weighted by molar-refractivity contribution is 6.11. The molecule has 0 bridgehead atoms. The maximum Gasteiger partial charge on any atom is 0.256 e. The summed E-state index contributed by atoms with van der Waals surface area (Å²) < 4.78 is 44.2. The molecule has 0 saturated heterocycles. The lowest BCUT2D eigenvalue weighted by Crippen LogP contribution is -2.28. The van der Waals surface area contributed by atoms with Crippen LogP contribution < -0.4 is 21.9 Å². The molecule has 4 N–H and O–H groups in total. The van der Waals surface area contributed by atoms with Crippen LogP contribution in [0.1, 0.15) is 0 Å². The van der Waals surface area contributed by atoms with Gasteiger partial charge in [-0.2, -0.15) is 15.2 Å². The highest BCUT2D eigenvalue weighted by Gasteiger charge is 2.43. The molecule has 5 rings (SSSR count). The first kappa shape index (κ1) is 24.1. The number of aliphatic imine (C=N–C) groups is 1. The van der Waals surface area contributed by atoms with Gasteiger partial charge in [-0.25, -0.2) is 18.2 Å². The fourth-order valence-electron chi connectivity index (χ4n) is 4.05. The Morgan fingerprint density at radius 1 is 1.05 bits per heavy atom. The molecule has 2 heterocycles. The third-order valence-electron chi connectivity index (χ3n) is 5.89. The van der Waals surface area contributed by atoms with Crippen molar-refractivity contribution in [3.05, 3.63) is 82.4 Å². The predicted molar refractivity (Wildman–Crippen MR) is 132 cm³/mol. The summed E-state index contributed by atoms with van der Waals surface area (Å²) in [5.74, 6) is -2.23. The van der Waals surface area contributed by atoms with E-state index < -0.39 is 23.0 Å². The van der Waals surface area contributed by atoms with Crippen LogP contribution in [-0.2, 0) is 0 Å². The Morgan fingerprint density at radius 3 is 2.62 bits per heavy atom. The molecule has 0 aliphatic heterocycles. The summed E-state index contributed by atoms with van der Waals surface area (Å²) in [6.45, 7) is 0.677. The van der Waals surface area contributed by atoms with Crippen molar-refractivity contribution in [1.29, 1.82) is 5.26 Å². The lowest BCUT2D eigenvalue weighted by atomic mass is 10.1. The quantitative estimate of drug-likeness (QED) is 0.260. The molecule has 2 aromatic heterocycles. The van der Waals surface area contributed by atoms with Crippen molar-refractivity contribution in [2.24, 2.45) is 10.7 Å². The molecule has 1 fully saturated rings. The standard InChI is InChI=1S/C25H19F3N8O/c26-13-5-6-14(17(28)11-13)21-15-7-8-19(37)36(18-4-2-1-3-16(18)27)24(15)35-25(34-21)32-10-9-31-22-20(30)23(22)33-12-29/h1-8,11,20,22,31H,9-10,30H2,(H,32,34,35). The van der Waals surface area contributed by atoms with Crippen molar-refractivity contribution in [2.45, 2.75) is 12.1 Å². The highest BCUT2D eigenvalue weighted by atomic mass is 19.1. The number of benzene rings is 2. The molecule has 12 heteroatoms. The number of nitriles is 1. The number of halogens is 3. The number of nitrogens with zero attached hydrogens (tertiary/aromatic N) is 5. The average molecular weight is 504 g/mol. The molecule has 1 aliphatic carbocycles. The van der Waals surface area contributed by atoms with E-state index in [0.29, 0.717) is 12.3 Å². The lowest BCUT2D eigenvalue weighted by Gasteiger charge is -2.15. The van der Waals surface area contributed by atoms with Crippen LogP contribution in [0.2, 0.25) is 0 Å². The Balaban J connectivity index is 1.57. The van der Waals surface area contributed by atoms with E-state index in [4.69, 9.17) is 11.0 Å². The van der Waals surface area contributed by atoms with Gasteiger partial charge < -0.3 is 16.4 Å². The van der Waals surface area contributed by atoms with Crippen LogP contribution in [0.3, 0.4) is 0 Å². The second-order valence-corrected chi connectivity index (χ2v) is 8.24. The summed E-state index contributed by atoms with van der Waals surface area (Å²) in [5, 5.41) is 15.1. The maximum absolute atomic E-state index is 14.8. The van der Waals surface area contributed by atoms with Crippen molar-refractivity contribution < 1.29 is 13.2 Å². The summed E-state index contributed by atoms with van der Waals surface area (Å²) >= 11 is 0. The van der Waals surface area contributed by atoms with E-state index in [-0.39, 0.29) is 52.6 Å². The summed E-state index contributed by atoms with van der Waals surface area (Å²) in [7, 11) is 0. The molecule has 37 heavy (non-hydrogen) atoms. The van der Waals surface area contributed by atoms with Crippen LogP contribution in [0.4, 0.5) is 19.1 Å². The zero-order valence-electron chi connectivity index (χ0n) is 19.1. The first-order chi connectivity index (χ1) is 17.9. The SMILES string of the molecule is N#CN=C1C(N)C1NCCNc1nc(-c2ccc(F)cc2F)c2ccc(=O)n(-c3ccccc3F)c2n1. The van der Waals surface area contributed by atoms with Crippen LogP contribution >= 0.6 is 0 Å². The largest absolute Gasteiger partial charge is 0.353 e. The summed E-state index contributed by atoms with van der Waals surface area (Å²) in [6.07, 6.45) is 1.70. The van der Waals surface area contributed by atoms with Crippen molar-refractivity contribution in [3.63, 3.8) is 0 Å². The fourth-order valence-corrected chi connectivity index (χ4v) is 4.05. The fraction of sp³-hybridized carbons (Fsp3) is 0.160. The van der Waals surface area contributed by atoms with Gasteiger partial charge in [0.2, 0.25) is 12.1 Å². The molecule has 0 spiro atoms. The Bertz CT molecular complexity index is 1650. The van der Waals surface area contributed by atoms with Gasteiger partial charge in [0.25, 0.3) is 5.56 Å². The van der Waals surface area contributed by atoms with Crippen molar-refractivity contribution in [3.8, 4) is 23.1 Å². The first-order valence-corrected chi connectivity index (χ1v) is 11.2. The van der Waals surface area contributed by atoms with Gasteiger partial charge in [0, 0.05) is 36.2 Å². The van der Waals surface area contributed by atoms with Crippen LogP contribution in [-0.4, -0.2) is 45.4 Å². The molecule has 2 atom stereocenters. The number of pyridine rings is 1. The minimum atomic E-state index is -0.858. The third-order valence-corrected chi connectivity index (χ3v) is 5.89. The van der Waals surface area contributed by atoms with E-state index in [1.807, 2.05) is 0 Å². The molecule has 2 unspecified atom stereocenters. The Labute approximate surface area is 208 Å². The van der Waals surface area contributed by atoms with Gasteiger partial charge in [0.1, 0.15) is 17.5 Å². The van der Waals surface area contributed by atoms with Gasteiger partial charge in [0.05, 0.1) is 29.2 Å². The minimum absolute atomic E-state index is 0.0185. The molecule has 1 aliphatic rings. The second-order valence-electron chi connectivity index (χ2n) is 8.24. The van der Waals surface area contributed by atoms with Gasteiger partial charge in [-0.1, -0.05) is 12.1 Å². The smallest absolute Gasteiger partial charge is 0.256 e. The number of nitrogens with two attached hydrogens (primary N) is 1. The molecule has 2 aromatic carbocycles. The van der Waals surface area contributed by atoms with E-state index in [2.05, 4.69) is 25.6 Å². The number of hydrogen-bond donors (Lipinski definition) is 3. The highest BCUT2D eigenvalue weighted by Crippen LogP contribution is 2.30. The topological polar surface area (TPSA) is 134 Å². The Hall–Kier alpha value is -4.60. The summed E-state index contributed by atoms with van der Waals surface area (Å²) in [4.78, 5) is 25.4. The van der Waals surface area contributed by atoms with Crippen LogP contribution in [0.15, 0.2) is 64.4 Å². The third kappa shape index (κ3) is 4.65. The molecular weight excluding hydrogens is 485 g/mol. The van der Waals surface area contributed by atoms with E-state index >= 15 is 0 Å². The predicted octanol–water partition coefficient (Wildman–Crippen LogP) is 2.50. The van der Waals surface area contributed by atoms with Crippen molar-refractivity contribution in [2.75, 3.05) is 18.4 Å². The maximum atomic E-state index is 14.8. The first-order valence-electron chi connectivity index (χ1n) is 11.2. The van der Waals surface area contributed by atoms with Crippen LogP contribution in [0.25, 0.3) is 28.0 Å². The van der Waals surface area contributed by atoms with Gasteiger partial charge in [-0.15, -0.1) is 0 Å². The Kier molecular flexibility index (Phi) is 6.39. The number of nitrogens with one attached hydrogen (secondary N) is 2. The molecule has 1 saturated carbocycles. The number of para-hydroxylation sites is 1. The summed E-state index contributed by atoms with van der Waals surface area (Å²) in [5.41, 5.74) is 5.92. The van der Waals surface area contributed by atoms with Crippen LogP contribution in [0.5, 0.6) is 0 Å². The number of hydrogen-bond acceptors (Lipinski definition) is 8. The molecule has 4 aromatic rings. The van der Waals surface area contributed by atoms with Gasteiger partial charge >= 0.3 is 0 Å². The van der Waals surface area contributed by atoms with Crippen molar-refractivity contribution in [1.82, 2.24) is 19.9 Å². The zero-order chi connectivity index (χ0) is 26.1. The number of fused-ring (bicyclic) bond motifs is 1. The average Bonchev–Trinajstić information content (AvgIpc) is 3.49. The molecule has 0 radical (unpaired) electrons.